The summed E-state index contributed by atoms with van der Waals surface area (Å²) in [7, 11) is -2.70. The fraction of sp³-hybridized carbons (Fsp3) is 0.529. The van der Waals surface area contributed by atoms with Crippen molar-refractivity contribution in [2.75, 3.05) is 19.8 Å². The Balaban J connectivity index is 4.83. The maximum atomic E-state index is 5.95. The van der Waals surface area contributed by atoms with Crippen LogP contribution in [0.25, 0.3) is 0 Å². The molecule has 21 heavy (non-hydrogen) atoms. The average Bonchev–Trinajstić information content (AvgIpc) is 2.51. The van der Waals surface area contributed by atoms with Gasteiger partial charge in [-0.05, 0) is 25.0 Å². The maximum absolute atomic E-state index is 5.95. The van der Waals surface area contributed by atoms with Gasteiger partial charge in [0, 0.05) is 19.8 Å². The van der Waals surface area contributed by atoms with Crippen molar-refractivity contribution in [3.63, 3.8) is 0 Å². The van der Waals surface area contributed by atoms with Crippen molar-refractivity contribution in [2.24, 2.45) is 0 Å². The zero-order valence-electron chi connectivity index (χ0n) is 13.7. The molecule has 0 N–H and O–H groups in total. The Morgan fingerprint density at radius 2 is 1.14 bits per heavy atom. The van der Waals surface area contributed by atoms with Gasteiger partial charge in [0.15, 0.2) is 0 Å². The lowest BCUT2D eigenvalue weighted by Crippen LogP contribution is -2.45. The van der Waals surface area contributed by atoms with E-state index in [2.05, 4.69) is 27.4 Å². The summed E-state index contributed by atoms with van der Waals surface area (Å²) in [4.78, 5) is 0. The third kappa shape index (κ3) is 10.4. The molecule has 0 aromatic rings. The molecular formula is C17H30O3Si. The molecule has 0 spiro atoms. The largest absolute Gasteiger partial charge is 0.529 e. The summed E-state index contributed by atoms with van der Waals surface area (Å²) >= 11 is 0. The Labute approximate surface area is 131 Å². The predicted octanol–water partition coefficient (Wildman–Crippen LogP) is 4.60. The second-order valence-electron chi connectivity index (χ2n) is 4.51. The van der Waals surface area contributed by atoms with Crippen LogP contribution in [0.5, 0.6) is 0 Å². The highest BCUT2D eigenvalue weighted by atomic mass is 28.4. The normalized spacial score (nSPS) is 12.9. The van der Waals surface area contributed by atoms with Gasteiger partial charge in [0.2, 0.25) is 0 Å². The Morgan fingerprint density at radius 1 is 0.714 bits per heavy atom. The van der Waals surface area contributed by atoms with Crippen LogP contribution in [-0.2, 0) is 13.3 Å². The molecule has 0 aliphatic carbocycles. The highest BCUT2D eigenvalue weighted by Gasteiger charge is 2.37. The molecule has 0 atom stereocenters. The lowest BCUT2D eigenvalue weighted by Gasteiger charge is -2.26. The lowest BCUT2D eigenvalue weighted by atomic mass is 10.4. The SMILES string of the molecule is C=CC=CC=CC=C[Si](OCCC)(OCCC)OCCC. The molecule has 0 saturated carbocycles. The molecule has 0 rings (SSSR count). The van der Waals surface area contributed by atoms with Crippen molar-refractivity contribution in [1.82, 2.24) is 0 Å². The molecule has 0 fully saturated rings. The lowest BCUT2D eigenvalue weighted by molar-refractivity contribution is 0.0716. The standard InChI is InChI=1S/C17H30O3Si/c1-5-9-10-11-12-13-17-21(18-14-6-2,19-15-7-3)20-16-8-4/h5,9-13,17H,1,6-8,14-16H2,2-4H3. The van der Waals surface area contributed by atoms with Crippen LogP contribution in [0.3, 0.4) is 0 Å². The van der Waals surface area contributed by atoms with E-state index in [1.165, 1.54) is 0 Å². The first-order chi connectivity index (χ1) is 10.2. The summed E-state index contributed by atoms with van der Waals surface area (Å²) in [5.74, 6) is 0. The monoisotopic (exact) mass is 310 g/mol. The molecule has 0 saturated heterocycles. The minimum Gasteiger partial charge on any atom is -0.370 e. The first-order valence-electron chi connectivity index (χ1n) is 7.80. The first kappa shape index (κ1) is 20.1. The van der Waals surface area contributed by atoms with E-state index in [1.807, 2.05) is 36.1 Å². The molecule has 0 bridgehead atoms. The fourth-order valence-electron chi connectivity index (χ4n) is 1.45. The summed E-state index contributed by atoms with van der Waals surface area (Å²) in [6.07, 6.45) is 14.2. The van der Waals surface area contributed by atoms with Crippen LogP contribution < -0.4 is 0 Å². The average molecular weight is 311 g/mol. The van der Waals surface area contributed by atoms with Crippen LogP contribution in [0.1, 0.15) is 40.0 Å². The number of allylic oxidation sites excluding steroid dienone is 6. The van der Waals surface area contributed by atoms with E-state index in [0.29, 0.717) is 19.8 Å². The molecule has 0 heterocycles. The summed E-state index contributed by atoms with van der Waals surface area (Å²) in [5, 5.41) is 0. The van der Waals surface area contributed by atoms with Gasteiger partial charge in [-0.1, -0.05) is 63.8 Å². The van der Waals surface area contributed by atoms with Gasteiger partial charge < -0.3 is 13.3 Å². The van der Waals surface area contributed by atoms with Crippen molar-refractivity contribution in [3.05, 3.63) is 48.7 Å². The maximum Gasteiger partial charge on any atom is 0.529 e. The molecule has 0 aliphatic heterocycles. The van der Waals surface area contributed by atoms with Gasteiger partial charge in [0.05, 0.1) is 0 Å². The summed E-state index contributed by atoms with van der Waals surface area (Å²) in [5.41, 5.74) is 1.96. The van der Waals surface area contributed by atoms with Crippen molar-refractivity contribution < 1.29 is 13.3 Å². The van der Waals surface area contributed by atoms with Crippen LogP contribution in [0.2, 0.25) is 0 Å². The molecule has 0 aromatic carbocycles. The summed E-state index contributed by atoms with van der Waals surface area (Å²) in [6, 6.07) is 0. The molecular weight excluding hydrogens is 280 g/mol. The Kier molecular flexibility index (Phi) is 13.4. The van der Waals surface area contributed by atoms with Gasteiger partial charge in [0.1, 0.15) is 0 Å². The van der Waals surface area contributed by atoms with Crippen molar-refractivity contribution in [3.8, 4) is 0 Å². The van der Waals surface area contributed by atoms with Crippen LogP contribution in [0.4, 0.5) is 0 Å². The molecule has 120 valence electrons. The smallest absolute Gasteiger partial charge is 0.370 e. The van der Waals surface area contributed by atoms with E-state index in [-0.39, 0.29) is 0 Å². The van der Waals surface area contributed by atoms with Crippen molar-refractivity contribution in [1.29, 1.82) is 0 Å². The van der Waals surface area contributed by atoms with Crippen LogP contribution in [0.15, 0.2) is 48.7 Å². The topological polar surface area (TPSA) is 27.7 Å². The van der Waals surface area contributed by atoms with E-state index in [4.69, 9.17) is 13.3 Å². The summed E-state index contributed by atoms with van der Waals surface area (Å²) in [6.45, 7) is 11.9. The first-order valence-corrected chi connectivity index (χ1v) is 9.60. The highest BCUT2D eigenvalue weighted by molar-refractivity contribution is 6.66. The zero-order chi connectivity index (χ0) is 15.8. The van der Waals surface area contributed by atoms with Gasteiger partial charge in [-0.2, -0.15) is 0 Å². The summed E-state index contributed by atoms with van der Waals surface area (Å²) < 4.78 is 17.9. The third-order valence-corrected chi connectivity index (χ3v) is 4.82. The second-order valence-corrected chi connectivity index (χ2v) is 6.92. The van der Waals surface area contributed by atoms with Crippen LogP contribution in [-0.4, -0.2) is 28.6 Å². The fourth-order valence-corrected chi connectivity index (χ4v) is 3.80. The number of hydrogen-bond donors (Lipinski definition) is 0. The van der Waals surface area contributed by atoms with Crippen LogP contribution in [0, 0.1) is 0 Å². The Morgan fingerprint density at radius 3 is 1.57 bits per heavy atom. The molecule has 0 radical (unpaired) electrons. The van der Waals surface area contributed by atoms with Gasteiger partial charge in [-0.15, -0.1) is 0 Å². The van der Waals surface area contributed by atoms with Crippen LogP contribution >= 0.6 is 0 Å². The van der Waals surface area contributed by atoms with Crippen molar-refractivity contribution >= 4 is 8.80 Å². The molecule has 0 amide bonds. The zero-order valence-corrected chi connectivity index (χ0v) is 14.7. The molecule has 3 nitrogen and oxygen atoms in total. The Bertz CT molecular complexity index is 313. The third-order valence-electron chi connectivity index (χ3n) is 2.40. The van der Waals surface area contributed by atoms with E-state index in [1.54, 1.807) is 6.08 Å². The van der Waals surface area contributed by atoms with E-state index in [9.17, 15) is 0 Å². The van der Waals surface area contributed by atoms with Gasteiger partial charge >= 0.3 is 8.80 Å². The van der Waals surface area contributed by atoms with E-state index < -0.39 is 8.80 Å². The predicted molar refractivity (Wildman–Crippen MR) is 92.1 cm³/mol. The highest BCUT2D eigenvalue weighted by Crippen LogP contribution is 2.14. The second kappa shape index (κ2) is 14.0. The van der Waals surface area contributed by atoms with Gasteiger partial charge in [-0.25, -0.2) is 0 Å². The molecule has 0 aromatic heterocycles. The minimum absolute atomic E-state index is 0.657. The molecule has 0 unspecified atom stereocenters. The quantitative estimate of drug-likeness (QED) is 0.367. The van der Waals surface area contributed by atoms with Gasteiger partial charge in [0.25, 0.3) is 0 Å². The van der Waals surface area contributed by atoms with E-state index in [0.717, 1.165) is 19.3 Å². The Hall–Kier alpha value is -0.943. The molecule has 4 heteroatoms. The minimum atomic E-state index is -2.70. The number of rotatable bonds is 13. The van der Waals surface area contributed by atoms with Crippen molar-refractivity contribution in [2.45, 2.75) is 40.0 Å². The number of hydrogen-bond acceptors (Lipinski definition) is 3. The van der Waals surface area contributed by atoms with Gasteiger partial charge in [-0.3, -0.25) is 0 Å². The van der Waals surface area contributed by atoms with E-state index >= 15 is 0 Å². The molecule has 0 aliphatic rings.